The average molecular weight is 453 g/mol. The average Bonchev–Trinajstić information content (AvgIpc) is 3.22. The summed E-state index contributed by atoms with van der Waals surface area (Å²) in [5, 5.41) is 13.2. The van der Waals surface area contributed by atoms with E-state index in [9.17, 15) is 9.90 Å². The van der Waals surface area contributed by atoms with Crippen molar-refractivity contribution >= 4 is 17.1 Å². The SMILES string of the molecule is CCCCCCC(NC(CC)c1cccc(OC(C)(C)C(=O)O)c1)c1nc2ccccc2o1. The summed E-state index contributed by atoms with van der Waals surface area (Å²) in [5.41, 5.74) is 1.42. The zero-order valence-corrected chi connectivity index (χ0v) is 20.1. The smallest absolute Gasteiger partial charge is 0.347 e. The quantitative estimate of drug-likeness (QED) is 0.277. The van der Waals surface area contributed by atoms with Crippen LogP contribution < -0.4 is 10.1 Å². The summed E-state index contributed by atoms with van der Waals surface area (Å²) >= 11 is 0. The second-order valence-electron chi connectivity index (χ2n) is 9.04. The molecule has 2 atom stereocenters. The van der Waals surface area contributed by atoms with Gasteiger partial charge in [0, 0.05) is 6.04 Å². The summed E-state index contributed by atoms with van der Waals surface area (Å²) in [6.07, 6.45) is 6.48. The highest BCUT2D eigenvalue weighted by Gasteiger charge is 2.30. The van der Waals surface area contributed by atoms with Crippen LogP contribution in [-0.4, -0.2) is 21.7 Å². The molecule has 0 amide bonds. The maximum Gasteiger partial charge on any atom is 0.347 e. The number of nitrogens with zero attached hydrogens (tertiary/aromatic N) is 1. The van der Waals surface area contributed by atoms with Crippen LogP contribution in [0.2, 0.25) is 0 Å². The van der Waals surface area contributed by atoms with Gasteiger partial charge in [-0.05, 0) is 56.5 Å². The number of hydrogen-bond donors (Lipinski definition) is 2. The van der Waals surface area contributed by atoms with Gasteiger partial charge in [-0.15, -0.1) is 0 Å². The number of ether oxygens (including phenoxy) is 1. The molecule has 0 aliphatic heterocycles. The van der Waals surface area contributed by atoms with Gasteiger partial charge < -0.3 is 14.3 Å². The first kappa shape index (κ1) is 24.8. The van der Waals surface area contributed by atoms with E-state index in [4.69, 9.17) is 14.1 Å². The Labute approximate surface area is 196 Å². The minimum absolute atomic E-state index is 0.0146. The molecule has 0 saturated heterocycles. The number of nitrogens with one attached hydrogen (secondary N) is 1. The summed E-state index contributed by atoms with van der Waals surface area (Å²) in [6.45, 7) is 7.45. The molecule has 1 heterocycles. The first-order chi connectivity index (χ1) is 15.8. The number of aromatic nitrogens is 1. The maximum atomic E-state index is 11.5. The molecule has 6 nitrogen and oxygen atoms in total. The number of oxazole rings is 1. The molecule has 3 rings (SSSR count). The fraction of sp³-hybridized carbons (Fsp3) is 0.481. The highest BCUT2D eigenvalue weighted by molar-refractivity contribution is 5.76. The van der Waals surface area contributed by atoms with Gasteiger partial charge in [0.2, 0.25) is 5.89 Å². The number of para-hydroxylation sites is 2. The number of carboxylic acids is 1. The van der Waals surface area contributed by atoms with E-state index in [0.717, 1.165) is 35.9 Å². The summed E-state index contributed by atoms with van der Waals surface area (Å²) in [7, 11) is 0. The van der Waals surface area contributed by atoms with Gasteiger partial charge in [-0.2, -0.15) is 0 Å². The largest absolute Gasteiger partial charge is 0.478 e. The Bertz CT molecular complexity index is 1010. The third-order valence-corrected chi connectivity index (χ3v) is 5.91. The van der Waals surface area contributed by atoms with E-state index in [1.165, 1.54) is 19.3 Å². The van der Waals surface area contributed by atoms with Crippen LogP contribution >= 0.6 is 0 Å². The van der Waals surface area contributed by atoms with Crippen molar-refractivity contribution in [1.29, 1.82) is 0 Å². The third kappa shape index (κ3) is 6.57. The van der Waals surface area contributed by atoms with Gasteiger partial charge in [-0.1, -0.05) is 63.8 Å². The lowest BCUT2D eigenvalue weighted by atomic mass is 10.0. The zero-order valence-electron chi connectivity index (χ0n) is 20.1. The lowest BCUT2D eigenvalue weighted by Gasteiger charge is -2.25. The molecule has 0 aliphatic carbocycles. The number of benzene rings is 2. The van der Waals surface area contributed by atoms with Crippen LogP contribution in [0, 0.1) is 0 Å². The monoisotopic (exact) mass is 452 g/mol. The maximum absolute atomic E-state index is 11.5. The van der Waals surface area contributed by atoms with E-state index >= 15 is 0 Å². The zero-order chi connectivity index (χ0) is 23.8. The number of carbonyl (C=O) groups is 1. The molecule has 0 aliphatic rings. The Hall–Kier alpha value is -2.86. The van der Waals surface area contributed by atoms with Crippen molar-refractivity contribution in [3.05, 3.63) is 60.0 Å². The Morgan fingerprint density at radius 1 is 1.09 bits per heavy atom. The first-order valence-electron chi connectivity index (χ1n) is 12.0. The van der Waals surface area contributed by atoms with Crippen LogP contribution in [0.25, 0.3) is 11.1 Å². The van der Waals surface area contributed by atoms with Crippen molar-refractivity contribution < 1.29 is 19.1 Å². The van der Waals surface area contributed by atoms with Crippen LogP contribution in [0.3, 0.4) is 0 Å². The molecule has 33 heavy (non-hydrogen) atoms. The Morgan fingerprint density at radius 2 is 1.88 bits per heavy atom. The molecule has 2 N–H and O–H groups in total. The van der Waals surface area contributed by atoms with E-state index in [1.807, 2.05) is 42.5 Å². The molecule has 2 unspecified atom stereocenters. The highest BCUT2D eigenvalue weighted by atomic mass is 16.5. The summed E-state index contributed by atoms with van der Waals surface area (Å²) in [6, 6.07) is 15.5. The predicted molar refractivity (Wildman–Crippen MR) is 130 cm³/mol. The first-order valence-corrected chi connectivity index (χ1v) is 12.0. The van der Waals surface area contributed by atoms with Crippen LogP contribution in [0.4, 0.5) is 0 Å². The van der Waals surface area contributed by atoms with Gasteiger partial charge in [0.05, 0.1) is 6.04 Å². The van der Waals surface area contributed by atoms with Crippen LogP contribution in [0.1, 0.15) is 89.8 Å². The minimum atomic E-state index is -1.30. The number of unbranched alkanes of at least 4 members (excludes halogenated alkanes) is 3. The summed E-state index contributed by atoms with van der Waals surface area (Å²) in [4.78, 5) is 16.2. The number of aliphatic carboxylic acids is 1. The number of rotatable bonds is 13. The van der Waals surface area contributed by atoms with Crippen molar-refractivity contribution in [2.24, 2.45) is 0 Å². The van der Waals surface area contributed by atoms with Gasteiger partial charge in [0.15, 0.2) is 11.2 Å². The molecule has 0 fully saturated rings. The Morgan fingerprint density at radius 3 is 2.58 bits per heavy atom. The van der Waals surface area contributed by atoms with Crippen LogP contribution in [-0.2, 0) is 4.79 Å². The van der Waals surface area contributed by atoms with E-state index in [1.54, 1.807) is 19.9 Å². The fourth-order valence-electron chi connectivity index (χ4n) is 3.92. The third-order valence-electron chi connectivity index (χ3n) is 5.91. The molecule has 0 radical (unpaired) electrons. The van der Waals surface area contributed by atoms with Gasteiger partial charge in [-0.25, -0.2) is 9.78 Å². The van der Waals surface area contributed by atoms with Gasteiger partial charge in [0.25, 0.3) is 0 Å². The molecule has 0 saturated carbocycles. The predicted octanol–water partition coefficient (Wildman–Crippen LogP) is 6.82. The van der Waals surface area contributed by atoms with E-state index in [2.05, 4.69) is 19.2 Å². The molecular formula is C27H36N2O4. The number of fused-ring (bicyclic) bond motifs is 1. The summed E-state index contributed by atoms with van der Waals surface area (Å²) < 4.78 is 11.9. The molecular weight excluding hydrogens is 416 g/mol. The summed E-state index contributed by atoms with van der Waals surface area (Å²) in [5.74, 6) is 0.258. The molecule has 6 heteroatoms. The van der Waals surface area contributed by atoms with Crippen molar-refractivity contribution in [1.82, 2.24) is 10.3 Å². The molecule has 3 aromatic rings. The molecule has 1 aromatic heterocycles. The second-order valence-corrected chi connectivity index (χ2v) is 9.04. The molecule has 178 valence electrons. The fourth-order valence-corrected chi connectivity index (χ4v) is 3.92. The van der Waals surface area contributed by atoms with Crippen molar-refractivity contribution in [3.8, 4) is 5.75 Å². The van der Waals surface area contributed by atoms with E-state index in [-0.39, 0.29) is 12.1 Å². The van der Waals surface area contributed by atoms with Gasteiger partial charge in [0.1, 0.15) is 11.3 Å². The lowest BCUT2D eigenvalue weighted by molar-refractivity contribution is -0.152. The van der Waals surface area contributed by atoms with Crippen molar-refractivity contribution in [2.45, 2.75) is 83.9 Å². The number of carboxylic acid groups (broad SMARTS) is 1. The molecule has 0 spiro atoms. The highest BCUT2D eigenvalue weighted by Crippen LogP contribution is 2.30. The minimum Gasteiger partial charge on any atom is -0.478 e. The molecule has 2 aromatic carbocycles. The van der Waals surface area contributed by atoms with E-state index in [0.29, 0.717) is 11.6 Å². The van der Waals surface area contributed by atoms with Crippen LogP contribution in [0.5, 0.6) is 5.75 Å². The second kappa shape index (κ2) is 11.3. The number of hydrogen-bond acceptors (Lipinski definition) is 5. The standard InChI is InChI=1S/C27H36N2O4/c1-5-7-8-9-16-23(25-29-22-15-10-11-17-24(22)32-25)28-21(6-2)19-13-12-14-20(18-19)33-27(3,4)26(30)31/h10-15,17-18,21,23,28H,5-9,16H2,1-4H3,(H,30,31). The van der Waals surface area contributed by atoms with Crippen molar-refractivity contribution in [3.63, 3.8) is 0 Å². The van der Waals surface area contributed by atoms with Crippen LogP contribution in [0.15, 0.2) is 52.9 Å². The Balaban J connectivity index is 1.82. The Kier molecular flexibility index (Phi) is 8.50. The van der Waals surface area contributed by atoms with Crippen molar-refractivity contribution in [2.75, 3.05) is 0 Å². The van der Waals surface area contributed by atoms with Gasteiger partial charge in [-0.3, -0.25) is 5.32 Å². The molecule has 0 bridgehead atoms. The van der Waals surface area contributed by atoms with E-state index < -0.39 is 11.6 Å². The topological polar surface area (TPSA) is 84.6 Å². The lowest BCUT2D eigenvalue weighted by Crippen LogP contribution is -2.37. The van der Waals surface area contributed by atoms with Gasteiger partial charge >= 0.3 is 5.97 Å². The normalized spacial score (nSPS) is 13.7.